The van der Waals surface area contributed by atoms with Crippen LogP contribution in [0.1, 0.15) is 28.5 Å². The predicted octanol–water partition coefficient (Wildman–Crippen LogP) is 4.13. The molecule has 5 nitrogen and oxygen atoms in total. The van der Waals surface area contributed by atoms with Gasteiger partial charge in [-0.05, 0) is 46.6 Å². The number of amides is 1. The Labute approximate surface area is 153 Å². The Morgan fingerprint density at radius 3 is 2.68 bits per heavy atom. The van der Waals surface area contributed by atoms with E-state index in [1.54, 1.807) is 0 Å². The number of hydrogen-bond acceptors (Lipinski definition) is 4. The van der Waals surface area contributed by atoms with Crippen LogP contribution in [-0.4, -0.2) is 34.0 Å². The Morgan fingerprint density at radius 1 is 1.12 bits per heavy atom. The maximum Gasteiger partial charge on any atom is 0.257 e. The van der Waals surface area contributed by atoms with E-state index in [1.165, 1.54) is 0 Å². The van der Waals surface area contributed by atoms with Crippen LogP contribution < -0.4 is 0 Å². The molecular weight excluding hydrogens is 382 g/mol. The smallest absolute Gasteiger partial charge is 0.257 e. The van der Waals surface area contributed by atoms with Crippen LogP contribution in [0.4, 0.5) is 0 Å². The minimum Gasteiger partial charge on any atom is -0.338 e. The van der Waals surface area contributed by atoms with Gasteiger partial charge in [-0.2, -0.15) is 4.98 Å². The first-order valence-corrected chi connectivity index (χ1v) is 8.94. The van der Waals surface area contributed by atoms with E-state index in [0.29, 0.717) is 30.4 Å². The molecule has 1 aromatic heterocycles. The van der Waals surface area contributed by atoms with Gasteiger partial charge in [0, 0.05) is 29.0 Å². The lowest BCUT2D eigenvalue weighted by molar-refractivity contribution is 0.0789. The molecule has 2 aromatic carbocycles. The lowest BCUT2D eigenvalue weighted by Gasteiger charge is -2.16. The first-order chi connectivity index (χ1) is 12.2. The van der Waals surface area contributed by atoms with Crippen molar-refractivity contribution in [3.05, 3.63) is 70.5 Å². The summed E-state index contributed by atoms with van der Waals surface area (Å²) in [6.07, 6.45) is 0.837. The van der Waals surface area contributed by atoms with Gasteiger partial charge in [0.2, 0.25) is 0 Å². The number of nitrogens with zero attached hydrogens (tertiary/aromatic N) is 3. The van der Waals surface area contributed by atoms with Crippen molar-refractivity contribution in [2.75, 3.05) is 13.1 Å². The zero-order chi connectivity index (χ0) is 17.2. The Hall–Kier alpha value is -2.47. The quantitative estimate of drug-likeness (QED) is 0.666. The highest BCUT2D eigenvalue weighted by atomic mass is 79.9. The molecule has 1 aliphatic heterocycles. The van der Waals surface area contributed by atoms with Gasteiger partial charge in [-0.15, -0.1) is 0 Å². The summed E-state index contributed by atoms with van der Waals surface area (Å²) in [5, 5.41) is 4.13. The van der Waals surface area contributed by atoms with Crippen molar-refractivity contribution < 1.29 is 9.32 Å². The van der Waals surface area contributed by atoms with E-state index in [2.05, 4.69) is 26.1 Å². The number of benzene rings is 2. The molecule has 3 aromatic rings. The molecule has 6 heteroatoms. The van der Waals surface area contributed by atoms with Crippen molar-refractivity contribution in [1.29, 1.82) is 0 Å². The first-order valence-electron chi connectivity index (χ1n) is 8.15. The maximum atomic E-state index is 12.7. The second-order valence-electron chi connectivity index (χ2n) is 6.04. The van der Waals surface area contributed by atoms with E-state index < -0.39 is 0 Å². The summed E-state index contributed by atoms with van der Waals surface area (Å²) in [6, 6.07) is 17.2. The number of carbonyl (C=O) groups is 1. The number of hydrogen-bond donors (Lipinski definition) is 0. The molecule has 1 saturated heterocycles. The number of likely N-dealkylation sites (tertiary alicyclic amines) is 1. The van der Waals surface area contributed by atoms with Gasteiger partial charge in [0.1, 0.15) is 0 Å². The molecule has 25 heavy (non-hydrogen) atoms. The summed E-state index contributed by atoms with van der Waals surface area (Å²) < 4.78 is 6.20. The Kier molecular flexibility index (Phi) is 4.36. The van der Waals surface area contributed by atoms with Crippen molar-refractivity contribution in [3.63, 3.8) is 0 Å². The van der Waals surface area contributed by atoms with Crippen LogP contribution in [0.2, 0.25) is 0 Å². The van der Waals surface area contributed by atoms with Crippen LogP contribution in [0.5, 0.6) is 0 Å². The summed E-state index contributed by atoms with van der Waals surface area (Å²) >= 11 is 3.45. The minimum absolute atomic E-state index is 0.0294. The highest BCUT2D eigenvalue weighted by Gasteiger charge is 2.31. The molecule has 1 fully saturated rings. The average molecular weight is 398 g/mol. The second-order valence-corrected chi connectivity index (χ2v) is 6.89. The van der Waals surface area contributed by atoms with E-state index in [1.807, 2.05) is 59.5 Å². The van der Waals surface area contributed by atoms with Gasteiger partial charge in [-0.1, -0.05) is 35.5 Å². The second kappa shape index (κ2) is 6.80. The lowest BCUT2D eigenvalue weighted by atomic mass is 10.1. The molecule has 4 rings (SSSR count). The fraction of sp³-hybridized carbons (Fsp3) is 0.211. The first kappa shape index (κ1) is 16.0. The summed E-state index contributed by atoms with van der Waals surface area (Å²) in [5.74, 6) is 1.32. The molecule has 126 valence electrons. The van der Waals surface area contributed by atoms with Crippen molar-refractivity contribution in [3.8, 4) is 11.5 Å². The third-order valence-corrected chi connectivity index (χ3v) is 5.10. The molecule has 1 amide bonds. The van der Waals surface area contributed by atoms with Crippen LogP contribution >= 0.6 is 15.9 Å². The fourth-order valence-electron chi connectivity index (χ4n) is 3.06. The number of aromatic nitrogens is 2. The van der Waals surface area contributed by atoms with Gasteiger partial charge in [0.05, 0.1) is 5.56 Å². The van der Waals surface area contributed by atoms with Gasteiger partial charge in [-0.25, -0.2) is 0 Å². The zero-order valence-corrected chi connectivity index (χ0v) is 15.0. The molecule has 0 N–H and O–H groups in total. The van der Waals surface area contributed by atoms with Gasteiger partial charge >= 0.3 is 0 Å². The molecule has 2 heterocycles. The average Bonchev–Trinajstić information content (AvgIpc) is 3.32. The molecule has 1 atom stereocenters. The third-order valence-electron chi connectivity index (χ3n) is 4.41. The molecule has 0 spiro atoms. The van der Waals surface area contributed by atoms with E-state index in [4.69, 9.17) is 4.52 Å². The predicted molar refractivity (Wildman–Crippen MR) is 97.1 cm³/mol. The zero-order valence-electron chi connectivity index (χ0n) is 13.4. The topological polar surface area (TPSA) is 59.2 Å². The molecule has 0 bridgehead atoms. The third kappa shape index (κ3) is 3.22. The summed E-state index contributed by atoms with van der Waals surface area (Å²) in [4.78, 5) is 19.1. The Morgan fingerprint density at radius 2 is 1.88 bits per heavy atom. The van der Waals surface area contributed by atoms with Crippen molar-refractivity contribution in [2.24, 2.45) is 0 Å². The number of halogens is 1. The van der Waals surface area contributed by atoms with Gasteiger partial charge in [0.25, 0.3) is 11.8 Å². The van der Waals surface area contributed by atoms with Crippen LogP contribution in [-0.2, 0) is 0 Å². The minimum atomic E-state index is 0.0294. The number of carbonyl (C=O) groups excluding carboxylic acids is 1. The monoisotopic (exact) mass is 397 g/mol. The van der Waals surface area contributed by atoms with Gasteiger partial charge < -0.3 is 9.42 Å². The molecular formula is C19H16BrN3O2. The summed E-state index contributed by atoms with van der Waals surface area (Å²) in [6.45, 7) is 1.30. The summed E-state index contributed by atoms with van der Waals surface area (Å²) in [5.41, 5.74) is 1.58. The van der Waals surface area contributed by atoms with Crippen LogP contribution in [0, 0.1) is 0 Å². The standard InChI is InChI=1S/C19H16BrN3O2/c20-16-9-5-4-8-15(16)19(24)23-11-10-14(12-23)17-21-18(25-22-17)13-6-2-1-3-7-13/h1-9,14H,10-12H2/t14-/m1/s1. The van der Waals surface area contributed by atoms with Crippen molar-refractivity contribution >= 4 is 21.8 Å². The lowest BCUT2D eigenvalue weighted by Crippen LogP contribution is -2.28. The molecule has 0 aliphatic carbocycles. The van der Waals surface area contributed by atoms with Gasteiger partial charge in [-0.3, -0.25) is 4.79 Å². The van der Waals surface area contributed by atoms with E-state index in [-0.39, 0.29) is 11.8 Å². The van der Waals surface area contributed by atoms with Crippen LogP contribution in [0.25, 0.3) is 11.5 Å². The maximum absolute atomic E-state index is 12.7. The summed E-state index contributed by atoms with van der Waals surface area (Å²) in [7, 11) is 0. The molecule has 0 saturated carbocycles. The fourth-order valence-corrected chi connectivity index (χ4v) is 3.51. The van der Waals surface area contributed by atoms with Crippen LogP contribution in [0.3, 0.4) is 0 Å². The normalized spacial score (nSPS) is 17.0. The largest absolute Gasteiger partial charge is 0.338 e. The molecule has 0 radical (unpaired) electrons. The van der Waals surface area contributed by atoms with Gasteiger partial charge in [0.15, 0.2) is 5.82 Å². The Bertz CT molecular complexity index is 894. The highest BCUT2D eigenvalue weighted by Crippen LogP contribution is 2.29. The van der Waals surface area contributed by atoms with E-state index in [9.17, 15) is 4.79 Å². The SMILES string of the molecule is O=C(c1ccccc1Br)N1CC[C@@H](c2noc(-c3ccccc3)n2)C1. The molecule has 1 aliphatic rings. The van der Waals surface area contributed by atoms with Crippen molar-refractivity contribution in [2.45, 2.75) is 12.3 Å². The van der Waals surface area contributed by atoms with E-state index >= 15 is 0 Å². The van der Waals surface area contributed by atoms with Crippen molar-refractivity contribution in [1.82, 2.24) is 15.0 Å². The highest BCUT2D eigenvalue weighted by molar-refractivity contribution is 9.10. The Balaban J connectivity index is 1.49. The molecule has 0 unspecified atom stereocenters. The number of rotatable bonds is 3. The van der Waals surface area contributed by atoms with E-state index in [0.717, 1.165) is 16.5 Å². The van der Waals surface area contributed by atoms with Crippen LogP contribution in [0.15, 0.2) is 63.6 Å².